The molecule has 0 bridgehead atoms. The van der Waals surface area contributed by atoms with Gasteiger partial charge in [0.05, 0.1) is 12.2 Å². The van der Waals surface area contributed by atoms with E-state index in [0.29, 0.717) is 6.54 Å². The maximum atomic E-state index is 5.48. The Kier molecular flexibility index (Phi) is 4.10. The van der Waals surface area contributed by atoms with Crippen molar-refractivity contribution < 1.29 is 0 Å². The van der Waals surface area contributed by atoms with Crippen molar-refractivity contribution in [2.45, 2.75) is 33.2 Å². The third-order valence-electron chi connectivity index (χ3n) is 3.14. The number of nitrogens with two attached hydrogens (primary N) is 1. The fraction of sp³-hybridized carbons (Fsp3) is 0.429. The molecule has 0 unspecified atom stereocenters. The molecule has 0 atom stereocenters. The third-order valence-corrected chi connectivity index (χ3v) is 3.14. The molecule has 1 heterocycles. The highest BCUT2D eigenvalue weighted by Gasteiger charge is 2.02. The van der Waals surface area contributed by atoms with Crippen LogP contribution < -0.4 is 5.73 Å². The topological polar surface area (TPSA) is 56.7 Å². The van der Waals surface area contributed by atoms with Gasteiger partial charge < -0.3 is 5.73 Å². The molecule has 0 spiro atoms. The minimum Gasteiger partial charge on any atom is -0.330 e. The Hall–Kier alpha value is -1.68. The Balaban J connectivity index is 2.04. The largest absolute Gasteiger partial charge is 0.330 e. The van der Waals surface area contributed by atoms with Gasteiger partial charge in [0.1, 0.15) is 0 Å². The molecule has 0 aliphatic heterocycles. The van der Waals surface area contributed by atoms with E-state index in [1.807, 2.05) is 10.9 Å². The van der Waals surface area contributed by atoms with Crippen LogP contribution >= 0.6 is 0 Å². The van der Waals surface area contributed by atoms with Gasteiger partial charge in [-0.15, -0.1) is 5.10 Å². The van der Waals surface area contributed by atoms with Gasteiger partial charge in [0.2, 0.25) is 0 Å². The number of aryl methyl sites for hydroxylation is 3. The Labute approximate surface area is 108 Å². The van der Waals surface area contributed by atoms with Crippen LogP contribution in [0.15, 0.2) is 24.4 Å². The molecule has 1 aromatic carbocycles. The smallest absolute Gasteiger partial charge is 0.0827 e. The summed E-state index contributed by atoms with van der Waals surface area (Å²) in [5, 5.41) is 8.29. The first-order chi connectivity index (χ1) is 8.69. The van der Waals surface area contributed by atoms with E-state index in [-0.39, 0.29) is 0 Å². The predicted molar refractivity (Wildman–Crippen MR) is 72.4 cm³/mol. The highest BCUT2D eigenvalue weighted by atomic mass is 15.4. The number of aromatic nitrogens is 3. The quantitative estimate of drug-likeness (QED) is 0.873. The fourth-order valence-corrected chi connectivity index (χ4v) is 1.90. The minimum atomic E-state index is 0.698. The van der Waals surface area contributed by atoms with Crippen molar-refractivity contribution in [1.29, 1.82) is 0 Å². The van der Waals surface area contributed by atoms with E-state index in [1.54, 1.807) is 0 Å². The van der Waals surface area contributed by atoms with Crippen LogP contribution in [0.4, 0.5) is 0 Å². The minimum absolute atomic E-state index is 0.698. The fourth-order valence-electron chi connectivity index (χ4n) is 1.90. The Morgan fingerprint density at radius 3 is 2.78 bits per heavy atom. The summed E-state index contributed by atoms with van der Waals surface area (Å²) in [4.78, 5) is 0. The van der Waals surface area contributed by atoms with Crippen LogP contribution in [0.5, 0.6) is 0 Å². The third kappa shape index (κ3) is 3.17. The van der Waals surface area contributed by atoms with Crippen molar-refractivity contribution >= 4 is 0 Å². The molecule has 0 amide bonds. The van der Waals surface area contributed by atoms with Crippen molar-refractivity contribution in [2.75, 3.05) is 6.54 Å². The van der Waals surface area contributed by atoms with Crippen molar-refractivity contribution in [3.63, 3.8) is 0 Å². The summed E-state index contributed by atoms with van der Waals surface area (Å²) in [6, 6.07) is 6.50. The molecule has 0 fully saturated rings. The molecule has 0 radical (unpaired) electrons. The van der Waals surface area contributed by atoms with Gasteiger partial charge in [-0.1, -0.05) is 23.4 Å². The average Bonchev–Trinajstić information content (AvgIpc) is 2.79. The van der Waals surface area contributed by atoms with Crippen LogP contribution in [0, 0.1) is 13.8 Å². The lowest BCUT2D eigenvalue weighted by molar-refractivity contribution is 0.648. The zero-order chi connectivity index (χ0) is 13.0. The van der Waals surface area contributed by atoms with Crippen molar-refractivity contribution in [1.82, 2.24) is 15.0 Å². The van der Waals surface area contributed by atoms with Gasteiger partial charge >= 0.3 is 0 Å². The van der Waals surface area contributed by atoms with Crippen LogP contribution in [0.1, 0.15) is 28.8 Å². The highest BCUT2D eigenvalue weighted by molar-refractivity contribution is 5.29. The van der Waals surface area contributed by atoms with Gasteiger partial charge in [0, 0.05) is 6.20 Å². The first-order valence-electron chi connectivity index (χ1n) is 6.34. The molecular formula is C14H20N4. The zero-order valence-electron chi connectivity index (χ0n) is 11.1. The van der Waals surface area contributed by atoms with E-state index in [9.17, 15) is 0 Å². The van der Waals surface area contributed by atoms with E-state index in [0.717, 1.165) is 25.1 Å². The van der Waals surface area contributed by atoms with Crippen molar-refractivity contribution in [3.05, 3.63) is 46.8 Å². The molecule has 18 heavy (non-hydrogen) atoms. The van der Waals surface area contributed by atoms with E-state index in [2.05, 4.69) is 42.4 Å². The zero-order valence-corrected chi connectivity index (χ0v) is 11.1. The molecule has 0 aliphatic rings. The molecule has 2 rings (SSSR count). The number of hydrogen-bond acceptors (Lipinski definition) is 3. The van der Waals surface area contributed by atoms with E-state index >= 15 is 0 Å². The summed E-state index contributed by atoms with van der Waals surface area (Å²) in [6.45, 7) is 5.73. The average molecular weight is 244 g/mol. The number of rotatable bonds is 5. The molecule has 0 aliphatic carbocycles. The molecule has 4 nitrogen and oxygen atoms in total. The number of benzene rings is 1. The van der Waals surface area contributed by atoms with Crippen molar-refractivity contribution in [3.8, 4) is 0 Å². The van der Waals surface area contributed by atoms with Crippen molar-refractivity contribution in [2.24, 2.45) is 5.73 Å². The molecular weight excluding hydrogens is 224 g/mol. The normalized spacial score (nSPS) is 10.8. The van der Waals surface area contributed by atoms with Crippen LogP contribution in [0.25, 0.3) is 0 Å². The second kappa shape index (κ2) is 5.78. The van der Waals surface area contributed by atoms with Gasteiger partial charge in [-0.05, 0) is 49.9 Å². The molecule has 0 saturated carbocycles. The summed E-state index contributed by atoms with van der Waals surface area (Å²) < 4.78 is 1.88. The lowest BCUT2D eigenvalue weighted by atomic mass is 10.1. The van der Waals surface area contributed by atoms with Crippen LogP contribution in [-0.2, 0) is 13.0 Å². The van der Waals surface area contributed by atoms with Crippen LogP contribution in [0.2, 0.25) is 0 Å². The summed E-state index contributed by atoms with van der Waals surface area (Å²) in [5.74, 6) is 0. The molecule has 2 aromatic rings. The summed E-state index contributed by atoms with van der Waals surface area (Å²) >= 11 is 0. The predicted octanol–water partition coefficient (Wildman–Crippen LogP) is 1.83. The Bertz CT molecular complexity index is 516. The molecule has 1 aromatic heterocycles. The molecule has 4 heteroatoms. The summed E-state index contributed by atoms with van der Waals surface area (Å²) in [6.07, 6.45) is 3.87. The summed E-state index contributed by atoms with van der Waals surface area (Å²) in [5.41, 5.74) is 10.4. The lowest BCUT2D eigenvalue weighted by Crippen LogP contribution is -2.01. The first kappa shape index (κ1) is 12.8. The second-order valence-corrected chi connectivity index (χ2v) is 4.72. The van der Waals surface area contributed by atoms with E-state index in [1.165, 1.54) is 16.7 Å². The number of nitrogens with zero attached hydrogens (tertiary/aromatic N) is 3. The second-order valence-electron chi connectivity index (χ2n) is 4.72. The Morgan fingerprint density at radius 2 is 2.06 bits per heavy atom. The van der Waals surface area contributed by atoms with Gasteiger partial charge in [-0.2, -0.15) is 0 Å². The van der Waals surface area contributed by atoms with E-state index < -0.39 is 0 Å². The van der Waals surface area contributed by atoms with E-state index in [4.69, 9.17) is 5.73 Å². The van der Waals surface area contributed by atoms with Crippen LogP contribution in [-0.4, -0.2) is 21.5 Å². The number of hydrogen-bond donors (Lipinski definition) is 1. The van der Waals surface area contributed by atoms with Gasteiger partial charge in [0.25, 0.3) is 0 Å². The molecule has 96 valence electrons. The monoisotopic (exact) mass is 244 g/mol. The Morgan fingerprint density at radius 1 is 1.22 bits per heavy atom. The van der Waals surface area contributed by atoms with Gasteiger partial charge in [-0.25, -0.2) is 4.68 Å². The van der Waals surface area contributed by atoms with Crippen LogP contribution in [0.3, 0.4) is 0 Å². The molecule has 2 N–H and O–H groups in total. The maximum Gasteiger partial charge on any atom is 0.0827 e. The first-order valence-corrected chi connectivity index (χ1v) is 6.34. The maximum absolute atomic E-state index is 5.48. The standard InChI is InChI=1S/C14H20N4/c1-11-5-6-13(8-12(11)2)9-18-10-14(16-17-18)4-3-7-15/h5-6,8,10H,3-4,7,9,15H2,1-2H3. The lowest BCUT2D eigenvalue weighted by Gasteiger charge is -2.04. The highest BCUT2D eigenvalue weighted by Crippen LogP contribution is 2.11. The summed E-state index contributed by atoms with van der Waals surface area (Å²) in [7, 11) is 0. The van der Waals surface area contributed by atoms with Gasteiger partial charge in [-0.3, -0.25) is 0 Å². The SMILES string of the molecule is Cc1ccc(Cn2cc(CCCN)nn2)cc1C. The van der Waals surface area contributed by atoms with Gasteiger partial charge in [0.15, 0.2) is 0 Å². The molecule has 0 saturated heterocycles.